The van der Waals surface area contributed by atoms with Crippen LogP contribution in [0.4, 0.5) is 13.2 Å². The van der Waals surface area contributed by atoms with Crippen molar-refractivity contribution in [3.63, 3.8) is 0 Å². The minimum Gasteiger partial charge on any atom is -0.486 e. The molecule has 0 aromatic heterocycles. The smallest absolute Gasteiger partial charge is 0.427 e. The Hall–Kier alpha value is -2.57. The van der Waals surface area contributed by atoms with Gasteiger partial charge in [0.2, 0.25) is 0 Å². The molecule has 0 saturated heterocycles. The highest BCUT2D eigenvalue weighted by atomic mass is 19.4. The number of carbonyl (C=O) groups excluding carboxylic acids is 2. The lowest BCUT2D eigenvalue weighted by molar-refractivity contribution is -0.144. The fourth-order valence-corrected chi connectivity index (χ4v) is 1.91. The second-order valence-electron chi connectivity index (χ2n) is 5.00. The summed E-state index contributed by atoms with van der Waals surface area (Å²) in [5.74, 6) is -3.48. The quantitative estimate of drug-likeness (QED) is 0.482. The van der Waals surface area contributed by atoms with Gasteiger partial charge in [0.05, 0.1) is 6.10 Å². The molecule has 0 bridgehead atoms. The number of cyclic esters (lactones) is 1. The van der Waals surface area contributed by atoms with E-state index in [1.165, 1.54) is 26.0 Å². The van der Waals surface area contributed by atoms with Gasteiger partial charge in [-0.2, -0.15) is 13.2 Å². The Labute approximate surface area is 130 Å². The second-order valence-corrected chi connectivity index (χ2v) is 5.00. The molecule has 0 radical (unpaired) electrons. The predicted octanol–water partition coefficient (Wildman–Crippen LogP) is 3.55. The molecular weight excluding hydrogens is 313 g/mol. The maximum atomic E-state index is 13.0. The molecular formula is C16H13F3O4. The number of carbonyl (C=O) groups is 2. The van der Waals surface area contributed by atoms with Gasteiger partial charge in [-0.05, 0) is 13.8 Å². The van der Waals surface area contributed by atoms with Gasteiger partial charge in [-0.1, -0.05) is 30.3 Å². The van der Waals surface area contributed by atoms with Gasteiger partial charge in [-0.3, -0.25) is 4.79 Å². The van der Waals surface area contributed by atoms with Crippen LogP contribution in [0.25, 0.3) is 0 Å². The normalized spacial score (nSPS) is 17.0. The molecule has 0 aliphatic carbocycles. The van der Waals surface area contributed by atoms with Crippen molar-refractivity contribution in [2.75, 3.05) is 0 Å². The summed E-state index contributed by atoms with van der Waals surface area (Å²) in [6, 6.07) is 7.89. The average molecular weight is 326 g/mol. The summed E-state index contributed by atoms with van der Waals surface area (Å²) in [5, 5.41) is 0. The van der Waals surface area contributed by atoms with Gasteiger partial charge in [0, 0.05) is 11.6 Å². The molecule has 1 aliphatic rings. The Morgan fingerprint density at radius 1 is 1.22 bits per heavy atom. The van der Waals surface area contributed by atoms with Crippen LogP contribution in [0.15, 0.2) is 53.5 Å². The number of hydrogen-bond donors (Lipinski definition) is 0. The average Bonchev–Trinajstić information content (AvgIpc) is 2.74. The zero-order valence-corrected chi connectivity index (χ0v) is 12.3. The van der Waals surface area contributed by atoms with Gasteiger partial charge in [0.25, 0.3) is 0 Å². The van der Waals surface area contributed by atoms with Crippen molar-refractivity contribution < 1.29 is 32.2 Å². The van der Waals surface area contributed by atoms with Crippen LogP contribution in [0.1, 0.15) is 24.2 Å². The first kappa shape index (κ1) is 16.8. The van der Waals surface area contributed by atoms with E-state index in [1.807, 2.05) is 0 Å². The minimum atomic E-state index is -4.94. The van der Waals surface area contributed by atoms with Gasteiger partial charge >= 0.3 is 12.1 Å². The molecule has 0 saturated carbocycles. The summed E-state index contributed by atoms with van der Waals surface area (Å²) in [6.45, 7) is 3.00. The Bertz CT molecular complexity index is 685. The molecule has 0 N–H and O–H groups in total. The largest absolute Gasteiger partial charge is 0.486 e. The van der Waals surface area contributed by atoms with Crippen LogP contribution in [0.3, 0.4) is 0 Å². The number of allylic oxidation sites excluding steroid dienone is 1. The van der Waals surface area contributed by atoms with Crippen molar-refractivity contribution in [1.29, 1.82) is 0 Å². The van der Waals surface area contributed by atoms with Crippen molar-refractivity contribution >= 4 is 11.8 Å². The first-order chi connectivity index (χ1) is 10.7. The number of rotatable bonds is 4. The summed E-state index contributed by atoms with van der Waals surface area (Å²) in [6.07, 6.45) is -4.75. The highest BCUT2D eigenvalue weighted by molar-refractivity contribution is 6.06. The maximum Gasteiger partial charge on any atom is 0.427 e. The fraction of sp³-hybridized carbons (Fsp3) is 0.250. The lowest BCUT2D eigenvalue weighted by atomic mass is 10.1. The molecule has 2 rings (SSSR count). The number of esters is 1. The first-order valence-electron chi connectivity index (χ1n) is 6.72. The third-order valence-corrected chi connectivity index (χ3v) is 2.82. The van der Waals surface area contributed by atoms with E-state index in [0.717, 1.165) is 6.08 Å². The van der Waals surface area contributed by atoms with Crippen LogP contribution in [-0.4, -0.2) is 24.0 Å². The molecule has 0 spiro atoms. The van der Waals surface area contributed by atoms with E-state index >= 15 is 0 Å². The Kier molecular flexibility index (Phi) is 4.58. The van der Waals surface area contributed by atoms with Crippen molar-refractivity contribution in [3.8, 4) is 0 Å². The van der Waals surface area contributed by atoms with E-state index in [2.05, 4.69) is 4.74 Å². The SMILES string of the molecule is CC(C)OC1=C(C(F)(F)F)C(=O)O/C1=C\C(=O)c1ccccc1. The predicted molar refractivity (Wildman–Crippen MR) is 74.2 cm³/mol. The Morgan fingerprint density at radius 2 is 1.83 bits per heavy atom. The molecule has 7 heteroatoms. The summed E-state index contributed by atoms with van der Waals surface area (Å²) < 4.78 is 48.6. The van der Waals surface area contributed by atoms with Gasteiger partial charge in [0.1, 0.15) is 0 Å². The Balaban J connectivity index is 2.45. The molecule has 0 amide bonds. The summed E-state index contributed by atoms with van der Waals surface area (Å²) in [5.41, 5.74) is -1.29. The topological polar surface area (TPSA) is 52.6 Å². The minimum absolute atomic E-state index is 0.250. The zero-order valence-electron chi connectivity index (χ0n) is 12.3. The number of benzene rings is 1. The van der Waals surface area contributed by atoms with Gasteiger partial charge in [-0.15, -0.1) is 0 Å². The third kappa shape index (κ3) is 3.80. The van der Waals surface area contributed by atoms with Crippen molar-refractivity contribution in [2.45, 2.75) is 26.1 Å². The number of alkyl halides is 3. The van der Waals surface area contributed by atoms with E-state index in [0.29, 0.717) is 0 Å². The molecule has 0 unspecified atom stereocenters. The molecule has 1 aliphatic heterocycles. The second kappa shape index (κ2) is 6.28. The van der Waals surface area contributed by atoms with Gasteiger partial charge in [0.15, 0.2) is 22.9 Å². The molecule has 1 heterocycles. The molecule has 1 aromatic rings. The van der Waals surface area contributed by atoms with Gasteiger partial charge in [-0.25, -0.2) is 4.79 Å². The van der Waals surface area contributed by atoms with Gasteiger partial charge < -0.3 is 9.47 Å². The van der Waals surface area contributed by atoms with Crippen LogP contribution >= 0.6 is 0 Å². The Morgan fingerprint density at radius 3 is 2.35 bits per heavy atom. The standard InChI is InChI=1S/C16H13F3O4/c1-9(2)22-14-12(23-15(21)13(14)16(17,18)19)8-11(20)10-6-4-3-5-7-10/h3-9H,1-2H3/b12-8-. The molecule has 0 atom stereocenters. The third-order valence-electron chi connectivity index (χ3n) is 2.82. The van der Waals surface area contributed by atoms with Crippen LogP contribution in [0.5, 0.6) is 0 Å². The number of ether oxygens (including phenoxy) is 2. The van der Waals surface area contributed by atoms with E-state index < -0.39 is 41.1 Å². The van der Waals surface area contributed by atoms with E-state index in [4.69, 9.17) is 4.74 Å². The molecule has 0 fully saturated rings. The van der Waals surface area contributed by atoms with Crippen LogP contribution < -0.4 is 0 Å². The van der Waals surface area contributed by atoms with Crippen LogP contribution in [-0.2, 0) is 14.3 Å². The van der Waals surface area contributed by atoms with Crippen molar-refractivity contribution in [3.05, 3.63) is 59.1 Å². The van der Waals surface area contributed by atoms with E-state index in [1.54, 1.807) is 18.2 Å². The highest BCUT2D eigenvalue weighted by Crippen LogP contribution is 2.38. The summed E-state index contributed by atoms with van der Waals surface area (Å²) >= 11 is 0. The maximum absolute atomic E-state index is 13.0. The number of ketones is 1. The summed E-state index contributed by atoms with van der Waals surface area (Å²) in [4.78, 5) is 23.6. The molecule has 1 aromatic carbocycles. The molecule has 122 valence electrons. The lowest BCUT2D eigenvalue weighted by Gasteiger charge is -2.12. The zero-order chi connectivity index (χ0) is 17.2. The summed E-state index contributed by atoms with van der Waals surface area (Å²) in [7, 11) is 0. The van der Waals surface area contributed by atoms with Crippen LogP contribution in [0.2, 0.25) is 0 Å². The monoisotopic (exact) mass is 326 g/mol. The van der Waals surface area contributed by atoms with Crippen LogP contribution in [0, 0.1) is 0 Å². The number of hydrogen-bond acceptors (Lipinski definition) is 4. The first-order valence-corrected chi connectivity index (χ1v) is 6.72. The van der Waals surface area contributed by atoms with Crippen molar-refractivity contribution in [1.82, 2.24) is 0 Å². The fourth-order valence-electron chi connectivity index (χ4n) is 1.91. The van der Waals surface area contributed by atoms with E-state index in [-0.39, 0.29) is 5.56 Å². The van der Waals surface area contributed by atoms with Crippen molar-refractivity contribution in [2.24, 2.45) is 0 Å². The highest BCUT2D eigenvalue weighted by Gasteiger charge is 2.49. The molecule has 4 nitrogen and oxygen atoms in total. The molecule has 23 heavy (non-hydrogen) atoms. The number of halogens is 3. The lowest BCUT2D eigenvalue weighted by Crippen LogP contribution is -2.19. The van der Waals surface area contributed by atoms with E-state index in [9.17, 15) is 22.8 Å².